The number of aromatic amines is 1. The van der Waals surface area contributed by atoms with Crippen LogP contribution in [0.4, 0.5) is 0 Å². The van der Waals surface area contributed by atoms with Crippen molar-refractivity contribution in [3.05, 3.63) is 53.3 Å². The Bertz CT molecular complexity index is 680. The van der Waals surface area contributed by atoms with Gasteiger partial charge in [-0.25, -0.2) is 0 Å². The minimum atomic E-state index is -0.337. The third-order valence-electron chi connectivity index (χ3n) is 3.39. The van der Waals surface area contributed by atoms with Gasteiger partial charge in [0.05, 0.1) is 0 Å². The molecule has 0 fully saturated rings. The number of carbonyl (C=O) groups excluding carboxylic acids is 2. The van der Waals surface area contributed by atoms with Crippen molar-refractivity contribution in [2.24, 2.45) is 0 Å². The molecule has 2 rings (SSSR count). The molecule has 1 unspecified atom stereocenters. The number of hydrogen-bond acceptors (Lipinski definition) is 3. The van der Waals surface area contributed by atoms with Gasteiger partial charge in [-0.15, -0.1) is 0 Å². The van der Waals surface area contributed by atoms with Gasteiger partial charge in [0.1, 0.15) is 17.5 Å². The summed E-state index contributed by atoms with van der Waals surface area (Å²) in [7, 11) is 1.53. The maximum atomic E-state index is 12.0. The largest absolute Gasteiger partial charge is 0.484 e. The SMILES string of the molecule is CCNC(=O)c1cc(OC(C)c2ccccc2)c(C(=O)NC)[nH]1. The maximum Gasteiger partial charge on any atom is 0.271 e. The van der Waals surface area contributed by atoms with Crippen LogP contribution in [-0.2, 0) is 0 Å². The Labute approximate surface area is 135 Å². The van der Waals surface area contributed by atoms with Gasteiger partial charge in [-0.05, 0) is 19.4 Å². The first kappa shape index (κ1) is 16.6. The summed E-state index contributed by atoms with van der Waals surface area (Å²) in [6, 6.07) is 11.2. The van der Waals surface area contributed by atoms with Crippen molar-refractivity contribution in [3.63, 3.8) is 0 Å². The molecule has 1 atom stereocenters. The second-order valence-corrected chi connectivity index (χ2v) is 5.03. The Kier molecular flexibility index (Phi) is 5.41. The molecule has 1 aromatic carbocycles. The zero-order chi connectivity index (χ0) is 16.8. The van der Waals surface area contributed by atoms with Gasteiger partial charge in [0, 0.05) is 19.7 Å². The van der Waals surface area contributed by atoms with Crippen molar-refractivity contribution in [2.75, 3.05) is 13.6 Å². The molecule has 1 aromatic heterocycles. The highest BCUT2D eigenvalue weighted by atomic mass is 16.5. The highest BCUT2D eigenvalue weighted by Crippen LogP contribution is 2.26. The van der Waals surface area contributed by atoms with Crippen LogP contribution in [0.2, 0.25) is 0 Å². The van der Waals surface area contributed by atoms with Gasteiger partial charge in [-0.2, -0.15) is 0 Å². The molecule has 3 N–H and O–H groups in total. The number of rotatable bonds is 6. The number of amides is 2. The predicted molar refractivity (Wildman–Crippen MR) is 87.7 cm³/mol. The summed E-state index contributed by atoms with van der Waals surface area (Å²) in [6.45, 7) is 4.22. The molecule has 0 radical (unpaired) electrons. The van der Waals surface area contributed by atoms with E-state index in [9.17, 15) is 9.59 Å². The quantitative estimate of drug-likeness (QED) is 0.764. The molecule has 0 saturated heterocycles. The van der Waals surface area contributed by atoms with Crippen LogP contribution >= 0.6 is 0 Å². The fourth-order valence-corrected chi connectivity index (χ4v) is 2.18. The molecule has 0 bridgehead atoms. The summed E-state index contributed by atoms with van der Waals surface area (Å²) in [5.74, 6) is -0.266. The lowest BCUT2D eigenvalue weighted by Gasteiger charge is -2.14. The highest BCUT2D eigenvalue weighted by molar-refractivity contribution is 5.99. The summed E-state index contributed by atoms with van der Waals surface area (Å²) in [6.07, 6.45) is -0.252. The molecular formula is C17H21N3O3. The van der Waals surface area contributed by atoms with E-state index in [2.05, 4.69) is 15.6 Å². The molecule has 0 aliphatic rings. The average molecular weight is 315 g/mol. The summed E-state index contributed by atoms with van der Waals surface area (Å²) in [5, 5.41) is 5.22. The summed E-state index contributed by atoms with van der Waals surface area (Å²) < 4.78 is 5.89. The van der Waals surface area contributed by atoms with Gasteiger partial charge in [0.2, 0.25) is 0 Å². The first-order valence-corrected chi connectivity index (χ1v) is 7.51. The number of aromatic nitrogens is 1. The van der Waals surface area contributed by atoms with Gasteiger partial charge in [0.15, 0.2) is 5.75 Å². The van der Waals surface area contributed by atoms with Crippen LogP contribution in [0.1, 0.15) is 46.5 Å². The van der Waals surface area contributed by atoms with Gasteiger partial charge < -0.3 is 20.4 Å². The van der Waals surface area contributed by atoms with E-state index < -0.39 is 0 Å². The number of hydrogen-bond donors (Lipinski definition) is 3. The van der Waals surface area contributed by atoms with Crippen molar-refractivity contribution in [2.45, 2.75) is 20.0 Å². The molecule has 1 heterocycles. The molecule has 0 aliphatic heterocycles. The fraction of sp³-hybridized carbons (Fsp3) is 0.294. The van der Waals surface area contributed by atoms with E-state index in [4.69, 9.17) is 4.74 Å². The summed E-state index contributed by atoms with van der Waals surface area (Å²) >= 11 is 0. The fourth-order valence-electron chi connectivity index (χ4n) is 2.18. The van der Waals surface area contributed by atoms with Crippen LogP contribution in [0.3, 0.4) is 0 Å². The van der Waals surface area contributed by atoms with E-state index in [1.807, 2.05) is 44.2 Å². The highest BCUT2D eigenvalue weighted by Gasteiger charge is 2.21. The van der Waals surface area contributed by atoms with Gasteiger partial charge in [0.25, 0.3) is 11.8 Å². The number of benzene rings is 1. The number of nitrogens with one attached hydrogen (secondary N) is 3. The van der Waals surface area contributed by atoms with Crippen LogP contribution in [0.15, 0.2) is 36.4 Å². The van der Waals surface area contributed by atoms with E-state index in [0.29, 0.717) is 18.0 Å². The number of carbonyl (C=O) groups is 2. The minimum absolute atomic E-state index is 0.233. The topological polar surface area (TPSA) is 83.2 Å². The van der Waals surface area contributed by atoms with E-state index >= 15 is 0 Å². The van der Waals surface area contributed by atoms with E-state index in [1.165, 1.54) is 7.05 Å². The van der Waals surface area contributed by atoms with Gasteiger partial charge in [-0.1, -0.05) is 30.3 Å². The van der Waals surface area contributed by atoms with Crippen molar-refractivity contribution in [3.8, 4) is 5.75 Å². The maximum absolute atomic E-state index is 12.0. The van der Waals surface area contributed by atoms with E-state index in [1.54, 1.807) is 6.07 Å². The molecule has 2 amide bonds. The molecule has 23 heavy (non-hydrogen) atoms. The Morgan fingerprint density at radius 1 is 1.22 bits per heavy atom. The minimum Gasteiger partial charge on any atom is -0.484 e. The molecule has 122 valence electrons. The van der Waals surface area contributed by atoms with Crippen LogP contribution in [0, 0.1) is 0 Å². The molecule has 0 saturated carbocycles. The Balaban J connectivity index is 2.28. The monoisotopic (exact) mass is 315 g/mol. The smallest absolute Gasteiger partial charge is 0.271 e. The Morgan fingerprint density at radius 2 is 1.91 bits per heavy atom. The average Bonchev–Trinajstić information content (AvgIpc) is 2.99. The number of H-pyrrole nitrogens is 1. The van der Waals surface area contributed by atoms with E-state index in [0.717, 1.165) is 5.56 Å². The van der Waals surface area contributed by atoms with Crippen LogP contribution in [-0.4, -0.2) is 30.4 Å². The van der Waals surface area contributed by atoms with Gasteiger partial charge in [-0.3, -0.25) is 9.59 Å². The van der Waals surface area contributed by atoms with Crippen molar-refractivity contribution in [1.82, 2.24) is 15.6 Å². The van der Waals surface area contributed by atoms with Gasteiger partial charge >= 0.3 is 0 Å². The second-order valence-electron chi connectivity index (χ2n) is 5.03. The molecule has 6 nitrogen and oxygen atoms in total. The molecule has 6 heteroatoms. The summed E-state index contributed by atoms with van der Waals surface area (Å²) in [5.41, 5.74) is 1.51. The molecular weight excluding hydrogens is 294 g/mol. The standard InChI is InChI=1S/C17H21N3O3/c1-4-19-16(21)13-10-14(15(20-13)17(22)18-3)23-11(2)12-8-6-5-7-9-12/h5-11,20H,4H2,1-3H3,(H,18,22)(H,19,21). The Hall–Kier alpha value is -2.76. The third kappa shape index (κ3) is 3.91. The zero-order valence-electron chi connectivity index (χ0n) is 13.5. The van der Waals surface area contributed by atoms with Crippen LogP contribution < -0.4 is 15.4 Å². The van der Waals surface area contributed by atoms with E-state index in [-0.39, 0.29) is 23.6 Å². The Morgan fingerprint density at radius 3 is 2.52 bits per heavy atom. The predicted octanol–water partition coefficient (Wildman–Crippen LogP) is 2.26. The van der Waals surface area contributed by atoms with Crippen LogP contribution in [0.25, 0.3) is 0 Å². The van der Waals surface area contributed by atoms with Crippen molar-refractivity contribution < 1.29 is 14.3 Å². The number of ether oxygens (including phenoxy) is 1. The molecule has 0 aliphatic carbocycles. The third-order valence-corrected chi connectivity index (χ3v) is 3.39. The lowest BCUT2D eigenvalue weighted by Crippen LogP contribution is -2.23. The normalized spacial score (nSPS) is 11.6. The first-order chi connectivity index (χ1) is 11.1. The molecule has 2 aromatic rings. The second kappa shape index (κ2) is 7.49. The molecule has 0 spiro atoms. The van der Waals surface area contributed by atoms with Crippen LogP contribution in [0.5, 0.6) is 5.75 Å². The summed E-state index contributed by atoms with van der Waals surface area (Å²) in [4.78, 5) is 26.8. The van der Waals surface area contributed by atoms with Crippen molar-refractivity contribution in [1.29, 1.82) is 0 Å². The zero-order valence-corrected chi connectivity index (χ0v) is 13.5. The van der Waals surface area contributed by atoms with Crippen molar-refractivity contribution >= 4 is 11.8 Å². The first-order valence-electron chi connectivity index (χ1n) is 7.51. The lowest BCUT2D eigenvalue weighted by atomic mass is 10.1. The lowest BCUT2D eigenvalue weighted by molar-refractivity contribution is 0.0951.